The highest BCUT2D eigenvalue weighted by Crippen LogP contribution is 2.31. The normalized spacial score (nSPS) is 11.6. The van der Waals surface area contributed by atoms with Gasteiger partial charge in [0.25, 0.3) is 0 Å². The Morgan fingerprint density at radius 1 is 1.32 bits per heavy atom. The molecule has 0 radical (unpaired) electrons. The van der Waals surface area contributed by atoms with Gasteiger partial charge in [-0.15, -0.1) is 11.3 Å². The molecule has 146 valence electrons. The Kier molecular flexibility index (Phi) is 6.17. The number of hydrogen-bond donors (Lipinski definition) is 1. The highest BCUT2D eigenvalue weighted by molar-refractivity contribution is 7.15. The second kappa shape index (κ2) is 8.77. The van der Waals surface area contributed by atoms with Crippen molar-refractivity contribution >= 4 is 17.3 Å². The van der Waals surface area contributed by atoms with E-state index < -0.39 is 5.97 Å². The summed E-state index contributed by atoms with van der Waals surface area (Å²) in [4.78, 5) is 26.2. The molecule has 0 aliphatic carbocycles. The van der Waals surface area contributed by atoms with E-state index in [9.17, 15) is 14.0 Å². The molecule has 1 aromatic carbocycles. The van der Waals surface area contributed by atoms with Crippen molar-refractivity contribution < 1.29 is 13.9 Å². The minimum atomic E-state index is -0.403. The molecule has 2 N–H and O–H groups in total. The minimum Gasteiger partial charge on any atom is -0.465 e. The van der Waals surface area contributed by atoms with Crippen LogP contribution in [0.2, 0.25) is 0 Å². The van der Waals surface area contributed by atoms with Crippen molar-refractivity contribution in [2.45, 2.75) is 13.1 Å². The van der Waals surface area contributed by atoms with Gasteiger partial charge in [0, 0.05) is 21.9 Å². The Labute approximate surface area is 164 Å². The second-order valence-electron chi connectivity index (χ2n) is 5.97. The topological polar surface area (TPSA) is 92.1 Å². The van der Waals surface area contributed by atoms with Crippen LogP contribution in [0.5, 0.6) is 0 Å². The molecule has 0 aliphatic heterocycles. The van der Waals surface area contributed by atoms with Gasteiger partial charge in [-0.25, -0.2) is 18.7 Å². The zero-order valence-corrected chi connectivity index (χ0v) is 16.0. The SMILES string of the molecule is COC(=O)c1ccccc1-c1ccc(Cn2cnn(C/C(=C/F)CN)c2=O)s1. The first kappa shape index (κ1) is 19.7. The van der Waals surface area contributed by atoms with Gasteiger partial charge in [0.15, 0.2) is 0 Å². The Morgan fingerprint density at radius 3 is 2.82 bits per heavy atom. The average molecular weight is 402 g/mol. The van der Waals surface area contributed by atoms with Gasteiger partial charge in [0.05, 0.1) is 32.1 Å². The van der Waals surface area contributed by atoms with Crippen molar-refractivity contribution in [2.24, 2.45) is 5.73 Å². The lowest BCUT2D eigenvalue weighted by Crippen LogP contribution is -2.26. The van der Waals surface area contributed by atoms with Crippen LogP contribution < -0.4 is 11.4 Å². The first-order chi connectivity index (χ1) is 13.6. The van der Waals surface area contributed by atoms with Crippen molar-refractivity contribution in [3.8, 4) is 10.4 Å². The van der Waals surface area contributed by atoms with E-state index in [0.29, 0.717) is 18.4 Å². The summed E-state index contributed by atoms with van der Waals surface area (Å²) < 4.78 is 20.1. The summed E-state index contributed by atoms with van der Waals surface area (Å²) in [6, 6.07) is 11.0. The van der Waals surface area contributed by atoms with Gasteiger partial charge >= 0.3 is 11.7 Å². The number of halogens is 1. The monoisotopic (exact) mass is 402 g/mol. The van der Waals surface area contributed by atoms with Crippen LogP contribution in [0, 0.1) is 0 Å². The highest BCUT2D eigenvalue weighted by atomic mass is 32.1. The molecular formula is C19H19FN4O3S. The number of nitrogens with zero attached hydrogens (tertiary/aromatic N) is 3. The van der Waals surface area contributed by atoms with Crippen LogP contribution in [0.1, 0.15) is 15.2 Å². The molecule has 28 heavy (non-hydrogen) atoms. The van der Waals surface area contributed by atoms with Crippen molar-refractivity contribution in [1.29, 1.82) is 0 Å². The Hall–Kier alpha value is -3.04. The predicted molar refractivity (Wildman–Crippen MR) is 105 cm³/mol. The Morgan fingerprint density at radius 2 is 2.11 bits per heavy atom. The summed E-state index contributed by atoms with van der Waals surface area (Å²) in [6.45, 7) is 0.353. The van der Waals surface area contributed by atoms with Crippen LogP contribution in [0.25, 0.3) is 10.4 Å². The number of ether oxygens (including phenoxy) is 1. The van der Waals surface area contributed by atoms with E-state index in [4.69, 9.17) is 10.5 Å². The lowest BCUT2D eigenvalue weighted by atomic mass is 10.1. The number of aromatic nitrogens is 3. The van der Waals surface area contributed by atoms with Gasteiger partial charge in [-0.1, -0.05) is 18.2 Å². The zero-order chi connectivity index (χ0) is 20.1. The molecule has 0 amide bonds. The van der Waals surface area contributed by atoms with Gasteiger partial charge in [-0.05, 0) is 23.8 Å². The van der Waals surface area contributed by atoms with Crippen molar-refractivity contribution in [3.63, 3.8) is 0 Å². The summed E-state index contributed by atoms with van der Waals surface area (Å²) in [7, 11) is 1.34. The fraction of sp³-hybridized carbons (Fsp3) is 0.211. The lowest BCUT2D eigenvalue weighted by Gasteiger charge is -2.05. The van der Waals surface area contributed by atoms with Gasteiger partial charge in [0.2, 0.25) is 0 Å². The number of benzene rings is 1. The summed E-state index contributed by atoms with van der Waals surface area (Å²) in [5.41, 5.74) is 6.61. The Bertz CT molecular complexity index is 1070. The fourth-order valence-corrected chi connectivity index (χ4v) is 3.73. The number of esters is 1. The standard InChI is InChI=1S/C19H19FN4O3S/c1-27-18(25)16-5-3-2-4-15(16)17-7-6-14(28-17)11-23-12-22-24(19(23)26)10-13(8-20)9-21/h2-8,12H,9-11,21H2,1H3/b13-8+. The van der Waals surface area contributed by atoms with E-state index in [1.54, 1.807) is 12.1 Å². The second-order valence-corrected chi connectivity index (χ2v) is 7.14. The third-order valence-corrected chi connectivity index (χ3v) is 5.26. The number of carbonyl (C=O) groups excluding carboxylic acids is 1. The molecule has 2 heterocycles. The molecule has 0 atom stereocenters. The van der Waals surface area contributed by atoms with Crippen molar-refractivity contribution in [2.75, 3.05) is 13.7 Å². The van der Waals surface area contributed by atoms with Gasteiger partial charge in [0.1, 0.15) is 6.33 Å². The zero-order valence-electron chi connectivity index (χ0n) is 15.2. The molecule has 0 spiro atoms. The van der Waals surface area contributed by atoms with E-state index >= 15 is 0 Å². The number of carbonyl (C=O) groups is 1. The van der Waals surface area contributed by atoms with Gasteiger partial charge < -0.3 is 10.5 Å². The van der Waals surface area contributed by atoms with Crippen molar-refractivity contribution in [3.05, 3.63) is 75.6 Å². The van der Waals surface area contributed by atoms with Crippen LogP contribution in [0.3, 0.4) is 0 Å². The molecule has 0 saturated carbocycles. The smallest absolute Gasteiger partial charge is 0.346 e. The highest BCUT2D eigenvalue weighted by Gasteiger charge is 2.15. The number of hydrogen-bond acceptors (Lipinski definition) is 6. The predicted octanol–water partition coefficient (Wildman–Crippen LogP) is 2.42. The summed E-state index contributed by atoms with van der Waals surface area (Å²) >= 11 is 1.47. The molecule has 3 rings (SSSR count). The molecule has 7 nitrogen and oxygen atoms in total. The third kappa shape index (κ3) is 4.10. The van der Waals surface area contributed by atoms with Gasteiger partial charge in [-0.2, -0.15) is 5.10 Å². The molecular weight excluding hydrogens is 383 g/mol. The van der Waals surface area contributed by atoms with Crippen molar-refractivity contribution in [1.82, 2.24) is 14.3 Å². The number of methoxy groups -OCH3 is 1. The number of thiophene rings is 1. The molecule has 0 saturated heterocycles. The maximum atomic E-state index is 12.7. The van der Waals surface area contributed by atoms with Crippen LogP contribution in [0.4, 0.5) is 4.39 Å². The van der Waals surface area contributed by atoms with Crippen LogP contribution in [-0.4, -0.2) is 34.0 Å². The molecule has 0 aliphatic rings. The molecule has 3 aromatic rings. The summed E-state index contributed by atoms with van der Waals surface area (Å²) in [6.07, 6.45) is 1.81. The summed E-state index contributed by atoms with van der Waals surface area (Å²) in [5.74, 6) is -0.403. The Balaban J connectivity index is 1.83. The number of nitrogens with two attached hydrogens (primary N) is 1. The molecule has 0 unspecified atom stereocenters. The molecule has 2 aromatic heterocycles. The number of rotatable bonds is 7. The maximum Gasteiger partial charge on any atom is 0.346 e. The van der Waals surface area contributed by atoms with Gasteiger partial charge in [-0.3, -0.25) is 4.57 Å². The van der Waals surface area contributed by atoms with Crippen LogP contribution in [-0.2, 0) is 17.8 Å². The van der Waals surface area contributed by atoms with Crippen LogP contribution in [0.15, 0.2) is 59.4 Å². The first-order valence-electron chi connectivity index (χ1n) is 8.44. The minimum absolute atomic E-state index is 0.0149. The van der Waals surface area contributed by atoms with E-state index in [1.807, 2.05) is 24.3 Å². The summed E-state index contributed by atoms with van der Waals surface area (Å²) in [5, 5.41) is 4.01. The third-order valence-electron chi connectivity index (χ3n) is 4.15. The lowest BCUT2D eigenvalue weighted by molar-refractivity contribution is 0.0601. The fourth-order valence-electron chi connectivity index (χ4n) is 2.69. The van der Waals surface area contributed by atoms with E-state index in [2.05, 4.69) is 5.10 Å². The first-order valence-corrected chi connectivity index (χ1v) is 9.26. The molecule has 0 bridgehead atoms. The van der Waals surface area contributed by atoms with E-state index in [0.717, 1.165) is 15.3 Å². The molecule has 0 fully saturated rings. The molecule has 9 heteroatoms. The largest absolute Gasteiger partial charge is 0.465 e. The maximum absolute atomic E-state index is 12.7. The van der Waals surface area contributed by atoms with E-state index in [1.165, 1.54) is 34.0 Å². The van der Waals surface area contributed by atoms with Crippen LogP contribution >= 0.6 is 11.3 Å². The average Bonchev–Trinajstić information content (AvgIpc) is 3.33. The quantitative estimate of drug-likeness (QED) is 0.613. The van der Waals surface area contributed by atoms with E-state index in [-0.39, 0.29) is 24.4 Å².